The Hall–Kier alpha value is -5.58. The second-order valence-corrected chi connectivity index (χ2v) is 16.5. The molecule has 4 fully saturated rings. The molecule has 2 bridgehead atoms. The Morgan fingerprint density at radius 1 is 1.07 bits per heavy atom. The lowest BCUT2D eigenvalue weighted by atomic mass is 9.70. The van der Waals surface area contributed by atoms with E-state index in [1.165, 1.54) is 17.1 Å². The first-order chi connectivity index (χ1) is 26.5. The largest absolute Gasteiger partial charge is 0.543 e. The number of ketones is 1. The van der Waals surface area contributed by atoms with Gasteiger partial charge in [-0.3, -0.25) is 28.9 Å². The van der Waals surface area contributed by atoms with Gasteiger partial charge in [0, 0.05) is 54.3 Å². The number of thiazole rings is 1. The van der Waals surface area contributed by atoms with E-state index in [1.54, 1.807) is 0 Å². The van der Waals surface area contributed by atoms with Crippen molar-refractivity contribution in [2.75, 3.05) is 44.2 Å². The summed E-state index contributed by atoms with van der Waals surface area (Å²) < 4.78 is 0.574. The third-order valence-corrected chi connectivity index (χ3v) is 13.2. The molecule has 8 rings (SSSR count). The van der Waals surface area contributed by atoms with Crippen LogP contribution in [0.2, 0.25) is 0 Å². The first-order valence-corrected chi connectivity index (χ1v) is 19.3. The van der Waals surface area contributed by atoms with Crippen molar-refractivity contribution >= 4 is 75.4 Å². The summed E-state index contributed by atoms with van der Waals surface area (Å²) in [5, 5.41) is 55.8. The lowest BCUT2D eigenvalue weighted by Crippen LogP contribution is -2.66. The van der Waals surface area contributed by atoms with Crippen molar-refractivity contribution in [2.24, 2.45) is 16.5 Å². The minimum absolute atomic E-state index is 0.0171. The van der Waals surface area contributed by atoms with Crippen molar-refractivity contribution in [3.8, 4) is 11.5 Å². The Balaban J connectivity index is 1.00. The van der Waals surface area contributed by atoms with Crippen molar-refractivity contribution in [1.29, 1.82) is 0 Å². The minimum atomic E-state index is -1.92. The number of carboxylic acid groups (broad SMARTS) is 3. The van der Waals surface area contributed by atoms with Gasteiger partial charge in [0.15, 0.2) is 28.1 Å². The van der Waals surface area contributed by atoms with Crippen LogP contribution in [0.15, 0.2) is 33.9 Å². The normalized spacial score (nSPS) is 26.1. The van der Waals surface area contributed by atoms with Gasteiger partial charge in [0.2, 0.25) is 12.0 Å². The fourth-order valence-electron chi connectivity index (χ4n) is 8.00. The van der Waals surface area contributed by atoms with Gasteiger partial charge in [0.1, 0.15) is 12.2 Å². The predicted octanol–water partition coefficient (Wildman–Crippen LogP) is -0.919. The highest BCUT2D eigenvalue weighted by atomic mass is 32.2. The molecule has 56 heavy (non-hydrogen) atoms. The number of nitrogens with one attached hydrogen (secondary N) is 1. The van der Waals surface area contributed by atoms with Crippen LogP contribution < -0.4 is 16.3 Å². The van der Waals surface area contributed by atoms with Crippen molar-refractivity contribution < 1.29 is 68.4 Å². The third kappa shape index (κ3) is 6.92. The smallest absolute Gasteiger partial charge is 0.348 e. The Kier molecular flexibility index (Phi) is 10.0. The molecule has 4 saturated heterocycles. The zero-order chi connectivity index (χ0) is 40.3. The van der Waals surface area contributed by atoms with Gasteiger partial charge in [-0.2, -0.15) is 0 Å². The summed E-state index contributed by atoms with van der Waals surface area (Å²) in [6.45, 7) is 2.70. The van der Waals surface area contributed by atoms with E-state index < -0.39 is 88.9 Å². The fraction of sp³-hybridized carbons (Fsp3) is 0.441. The number of oxime groups is 1. The molecule has 0 aliphatic carbocycles. The lowest BCUT2D eigenvalue weighted by Gasteiger charge is -2.56. The number of imide groups is 1. The maximum atomic E-state index is 13.6. The van der Waals surface area contributed by atoms with Crippen LogP contribution in [-0.4, -0.2) is 137 Å². The van der Waals surface area contributed by atoms with Gasteiger partial charge in [-0.15, -0.1) is 23.1 Å². The Bertz CT molecular complexity index is 2090. The van der Waals surface area contributed by atoms with Crippen molar-refractivity contribution in [2.45, 2.75) is 43.6 Å². The SMILES string of the molecule is Nc1nc(/C(=N/O[C@@H](CC(=O)O)C(=O)O)C(=O)C[C@@H]2C(=O)N3C(C(=O)[O-])=C(C[N+]45CCC(CNN6C(=O)c7cc(O)c(O)cc7C6=O)(CC4)CC5)CS[C@H]23)cs1. The number of nitrogens with two attached hydrogens (primary N) is 1. The summed E-state index contributed by atoms with van der Waals surface area (Å²) in [7, 11) is 0. The average molecular weight is 814 g/mol. The van der Waals surface area contributed by atoms with Gasteiger partial charge >= 0.3 is 11.9 Å². The number of carboxylic acids is 3. The zero-order valence-electron chi connectivity index (χ0n) is 29.3. The molecule has 0 radical (unpaired) electrons. The number of Topliss-reactive ketones (excluding diaryl/α,β-unsaturated/α-hetero) is 1. The average Bonchev–Trinajstić information content (AvgIpc) is 3.68. The molecule has 2 aromatic rings. The number of carbonyl (C=O) groups is 7. The highest BCUT2D eigenvalue weighted by Crippen LogP contribution is 2.48. The minimum Gasteiger partial charge on any atom is -0.543 e. The number of hydrogen-bond donors (Lipinski definition) is 6. The number of phenols is 2. The molecular formula is C34H35N7O13S2. The Morgan fingerprint density at radius 2 is 1.70 bits per heavy atom. The van der Waals surface area contributed by atoms with E-state index in [1.807, 2.05) is 0 Å². The maximum absolute atomic E-state index is 13.6. The van der Waals surface area contributed by atoms with Crippen LogP contribution in [0.5, 0.6) is 11.5 Å². The quantitative estimate of drug-likeness (QED) is 0.0316. The molecule has 0 unspecified atom stereocenters. The number of nitrogens with zero attached hydrogens (tertiary/aromatic N) is 5. The number of quaternary nitrogens is 1. The molecule has 22 heteroatoms. The number of piperidine rings is 3. The number of amides is 3. The molecular weight excluding hydrogens is 779 g/mol. The summed E-state index contributed by atoms with van der Waals surface area (Å²) in [4.78, 5) is 98.2. The van der Waals surface area contributed by atoms with Crippen LogP contribution in [0.25, 0.3) is 0 Å². The number of carbonyl (C=O) groups excluding carboxylic acids is 5. The number of aliphatic carboxylic acids is 3. The Labute approximate surface area is 324 Å². The third-order valence-electron chi connectivity index (χ3n) is 11.2. The number of hydrazine groups is 1. The molecule has 6 aliphatic rings. The highest BCUT2D eigenvalue weighted by Gasteiger charge is 2.55. The predicted molar refractivity (Wildman–Crippen MR) is 190 cm³/mol. The molecule has 1 aromatic heterocycles. The second-order valence-electron chi connectivity index (χ2n) is 14.5. The van der Waals surface area contributed by atoms with Crippen LogP contribution in [0.4, 0.5) is 5.13 Å². The Morgan fingerprint density at radius 3 is 2.23 bits per heavy atom. The molecule has 7 N–H and O–H groups in total. The summed E-state index contributed by atoms with van der Waals surface area (Å²) in [6, 6.07) is 2.12. The monoisotopic (exact) mass is 813 g/mol. The number of rotatable bonds is 15. The van der Waals surface area contributed by atoms with Gasteiger partial charge in [0.05, 0.1) is 60.1 Å². The van der Waals surface area contributed by atoms with Gasteiger partial charge in [-0.1, -0.05) is 5.16 Å². The number of aromatic nitrogens is 1. The van der Waals surface area contributed by atoms with Gasteiger partial charge in [-0.05, 0) is 12.1 Å². The topological polar surface area (TPSA) is 302 Å². The number of nitrogen functional groups attached to an aromatic ring is 1. The summed E-state index contributed by atoms with van der Waals surface area (Å²) in [5.41, 5.74) is 8.16. The van der Waals surface area contributed by atoms with Gasteiger partial charge in [0.25, 0.3) is 11.8 Å². The van der Waals surface area contributed by atoms with Crippen LogP contribution in [-0.2, 0) is 28.8 Å². The molecule has 296 valence electrons. The standard InChI is InChI=1S/C34H35N7O13S2/c35-33-37-19(13-56-33)25(38-54-23(31(50)51)10-24(45)46)22(44)9-18-27(47)39-26(32(52)53)15(12-55-30(18)39)11-41-4-1-34(2-5-41,3-6-41)14-36-40-28(48)16-7-20(42)21(43)8-17(16)29(40)49/h7-8,13,18,23,30,36H,1-6,9-12,14H2,(H6-,35,37,38,42,43,44,45,46,48,49,50,51,52,53)/t18-,23+,30-,34?,41?/m1/s1. The fourth-order valence-corrected chi connectivity index (χ4v) is 9.95. The molecule has 1 aromatic carbocycles. The number of hydrogen-bond acceptors (Lipinski definition) is 17. The van der Waals surface area contributed by atoms with Crippen LogP contribution in [0.3, 0.4) is 0 Å². The number of β-lactam (4-membered cyclic amide) rings is 1. The van der Waals surface area contributed by atoms with E-state index in [0.29, 0.717) is 62.0 Å². The highest BCUT2D eigenvalue weighted by molar-refractivity contribution is 8.00. The lowest BCUT2D eigenvalue weighted by molar-refractivity contribution is -0.941. The van der Waals surface area contributed by atoms with Crippen molar-refractivity contribution in [3.05, 3.63) is 45.6 Å². The van der Waals surface area contributed by atoms with Crippen LogP contribution in [0, 0.1) is 11.3 Å². The summed E-state index contributed by atoms with van der Waals surface area (Å²) in [5.74, 6) is -9.05. The van der Waals surface area contributed by atoms with E-state index in [2.05, 4.69) is 15.6 Å². The number of thioether (sulfide) groups is 1. The first-order valence-electron chi connectivity index (χ1n) is 17.4. The maximum Gasteiger partial charge on any atom is 0.348 e. The van der Waals surface area contributed by atoms with Crippen LogP contribution >= 0.6 is 23.1 Å². The van der Waals surface area contributed by atoms with E-state index in [0.717, 1.165) is 33.4 Å². The van der Waals surface area contributed by atoms with Gasteiger partial charge in [-0.25, -0.2) is 20.2 Å². The molecule has 7 heterocycles. The molecule has 0 saturated carbocycles. The number of fused-ring (bicyclic) bond motifs is 5. The number of phenolic OH excluding ortho intramolecular Hbond substituents is 2. The van der Waals surface area contributed by atoms with E-state index >= 15 is 0 Å². The van der Waals surface area contributed by atoms with E-state index in [4.69, 9.17) is 15.7 Å². The van der Waals surface area contributed by atoms with Crippen LogP contribution in [0.1, 0.15) is 58.5 Å². The van der Waals surface area contributed by atoms with Crippen molar-refractivity contribution in [1.82, 2.24) is 20.3 Å². The van der Waals surface area contributed by atoms with Gasteiger partial charge < -0.3 is 45.4 Å². The number of anilines is 1. The molecule has 3 amide bonds. The summed E-state index contributed by atoms with van der Waals surface area (Å²) >= 11 is 2.25. The molecule has 3 atom stereocenters. The number of benzene rings is 1. The first kappa shape index (κ1) is 38.7. The zero-order valence-corrected chi connectivity index (χ0v) is 31.0. The van der Waals surface area contributed by atoms with Crippen molar-refractivity contribution in [3.63, 3.8) is 0 Å². The summed E-state index contributed by atoms with van der Waals surface area (Å²) in [6.07, 6.45) is -1.20. The molecule has 6 aliphatic heterocycles. The number of aromatic hydroxyl groups is 2. The molecule has 20 nitrogen and oxygen atoms in total. The van der Waals surface area contributed by atoms with E-state index in [9.17, 15) is 54.0 Å². The second kappa shape index (κ2) is 14.5. The molecule has 0 spiro atoms. The van der Waals surface area contributed by atoms with E-state index in [-0.39, 0.29) is 38.8 Å².